The van der Waals surface area contributed by atoms with Crippen molar-refractivity contribution < 1.29 is 24.0 Å². The van der Waals surface area contributed by atoms with E-state index < -0.39 is 34.6 Å². The molecule has 5 rings (SSSR count). The number of nitrogens with zero attached hydrogens (tertiary/aromatic N) is 3. The molecule has 2 fully saturated rings. The molecule has 2 aromatic rings. The largest absolute Gasteiger partial charge is 0.385 e. The molecule has 0 aromatic heterocycles. The van der Waals surface area contributed by atoms with Gasteiger partial charge in [0.25, 0.3) is 5.69 Å². The van der Waals surface area contributed by atoms with Crippen LogP contribution in [0.2, 0.25) is 0 Å². The van der Waals surface area contributed by atoms with Crippen LogP contribution in [0.15, 0.2) is 54.6 Å². The summed E-state index contributed by atoms with van der Waals surface area (Å²) < 4.78 is 5.08. The summed E-state index contributed by atoms with van der Waals surface area (Å²) in [7, 11) is 1.56. The van der Waals surface area contributed by atoms with E-state index in [9.17, 15) is 24.5 Å². The Morgan fingerprint density at radius 2 is 1.83 bits per heavy atom. The first-order valence-corrected chi connectivity index (χ1v) is 11.5. The number of carbonyl (C=O) groups excluding carboxylic acids is 3. The summed E-state index contributed by atoms with van der Waals surface area (Å²) in [6.07, 6.45) is 2.47. The van der Waals surface area contributed by atoms with E-state index in [1.807, 2.05) is 42.2 Å². The number of hydrogen-bond donors (Lipinski definition) is 0. The fourth-order valence-electron chi connectivity index (χ4n) is 5.69. The van der Waals surface area contributed by atoms with Crippen molar-refractivity contribution in [2.24, 2.45) is 11.8 Å². The molecule has 2 saturated heterocycles. The standard InChI is InChI=1S/C26H25N3O6/c1-15-13-20-21-22(26(32)27(25(21)31)11-6-12-35-2)23(28(20)19-10-4-3-9-18(15)19)24(30)16-7-5-8-17(14-16)29(33)34/h3-5,7-10,13-14,20-23H,6,11-12H2,1-2H3/t20-,21-,22-,23-/m0/s1. The molecule has 2 amide bonds. The molecule has 0 unspecified atom stereocenters. The number of allylic oxidation sites excluding steroid dienone is 1. The summed E-state index contributed by atoms with van der Waals surface area (Å²) in [5, 5.41) is 11.3. The number of likely N-dealkylation sites (tertiary alicyclic amines) is 1. The molecular weight excluding hydrogens is 450 g/mol. The fourth-order valence-corrected chi connectivity index (χ4v) is 5.69. The van der Waals surface area contributed by atoms with Gasteiger partial charge >= 0.3 is 0 Å². The minimum Gasteiger partial charge on any atom is -0.385 e. The van der Waals surface area contributed by atoms with Crippen molar-refractivity contribution >= 4 is 34.5 Å². The van der Waals surface area contributed by atoms with Gasteiger partial charge in [0.2, 0.25) is 11.8 Å². The highest BCUT2D eigenvalue weighted by molar-refractivity contribution is 6.14. The van der Waals surface area contributed by atoms with E-state index in [4.69, 9.17) is 4.74 Å². The zero-order chi connectivity index (χ0) is 24.9. The number of ketones is 1. The quantitative estimate of drug-likeness (QED) is 0.199. The van der Waals surface area contributed by atoms with Crippen LogP contribution in [0.3, 0.4) is 0 Å². The van der Waals surface area contributed by atoms with Crippen LogP contribution in [-0.4, -0.2) is 59.8 Å². The molecule has 9 nitrogen and oxygen atoms in total. The summed E-state index contributed by atoms with van der Waals surface area (Å²) in [5.74, 6) is -2.66. The minimum absolute atomic E-state index is 0.144. The van der Waals surface area contributed by atoms with Crippen LogP contribution >= 0.6 is 0 Å². The average Bonchev–Trinajstić information content (AvgIpc) is 3.32. The zero-order valence-corrected chi connectivity index (χ0v) is 19.4. The molecule has 3 heterocycles. The molecule has 4 atom stereocenters. The third-order valence-electron chi connectivity index (χ3n) is 7.19. The van der Waals surface area contributed by atoms with Gasteiger partial charge < -0.3 is 9.64 Å². The first-order chi connectivity index (χ1) is 16.8. The van der Waals surface area contributed by atoms with Gasteiger partial charge in [0.05, 0.1) is 22.8 Å². The van der Waals surface area contributed by atoms with Crippen molar-refractivity contribution in [2.45, 2.75) is 25.4 Å². The lowest BCUT2D eigenvalue weighted by atomic mass is 9.85. The number of rotatable bonds is 7. The monoisotopic (exact) mass is 475 g/mol. The zero-order valence-electron chi connectivity index (χ0n) is 19.4. The average molecular weight is 476 g/mol. The van der Waals surface area contributed by atoms with E-state index in [1.165, 1.54) is 29.2 Å². The molecule has 0 radical (unpaired) electrons. The molecule has 0 saturated carbocycles. The SMILES string of the molecule is COCCCN1C(=O)[C@@H]2[C@H](C1=O)[C@@H](C(=O)c1cccc([N+](=O)[O-])c1)N1c3ccccc3C(C)=C[C@@H]21. The smallest absolute Gasteiger partial charge is 0.270 e. The van der Waals surface area contributed by atoms with Crippen LogP contribution < -0.4 is 4.90 Å². The Hall–Kier alpha value is -3.85. The maximum absolute atomic E-state index is 13.9. The molecule has 3 aliphatic rings. The number of carbonyl (C=O) groups is 3. The third-order valence-corrected chi connectivity index (χ3v) is 7.19. The Labute approximate surface area is 202 Å². The van der Waals surface area contributed by atoms with Crippen molar-refractivity contribution in [2.75, 3.05) is 25.2 Å². The number of methoxy groups -OCH3 is 1. The number of benzene rings is 2. The number of imide groups is 1. The Morgan fingerprint density at radius 1 is 1.09 bits per heavy atom. The lowest BCUT2D eigenvalue weighted by Crippen LogP contribution is -2.49. The van der Waals surface area contributed by atoms with Gasteiger partial charge in [-0.15, -0.1) is 0 Å². The highest BCUT2D eigenvalue weighted by atomic mass is 16.6. The van der Waals surface area contributed by atoms with Crippen LogP contribution in [0.5, 0.6) is 0 Å². The normalized spacial score (nSPS) is 24.7. The highest BCUT2D eigenvalue weighted by Crippen LogP contribution is 2.50. The second-order valence-electron chi connectivity index (χ2n) is 9.11. The molecule has 0 spiro atoms. The summed E-state index contributed by atoms with van der Waals surface area (Å²) in [6, 6.07) is 11.7. The van der Waals surface area contributed by atoms with E-state index in [2.05, 4.69) is 0 Å². The number of non-ortho nitro benzene ring substituents is 1. The number of ether oxygens (including phenoxy) is 1. The predicted molar refractivity (Wildman–Crippen MR) is 128 cm³/mol. The molecule has 0 aliphatic carbocycles. The Bertz CT molecular complexity index is 1270. The van der Waals surface area contributed by atoms with Gasteiger partial charge in [-0.05, 0) is 25.0 Å². The van der Waals surface area contributed by atoms with Crippen LogP contribution in [0, 0.1) is 22.0 Å². The van der Waals surface area contributed by atoms with Crippen LogP contribution in [0.1, 0.15) is 29.3 Å². The van der Waals surface area contributed by atoms with Gasteiger partial charge in [-0.2, -0.15) is 0 Å². The third kappa shape index (κ3) is 3.54. The van der Waals surface area contributed by atoms with E-state index in [0.717, 1.165) is 16.8 Å². The lowest BCUT2D eigenvalue weighted by molar-refractivity contribution is -0.384. The number of fused-ring (bicyclic) bond motifs is 5. The number of anilines is 1. The number of Topliss-reactive ketones (excluding diaryl/α,β-unsaturated/α-hetero) is 1. The first-order valence-electron chi connectivity index (χ1n) is 11.5. The van der Waals surface area contributed by atoms with Crippen molar-refractivity contribution in [1.82, 2.24) is 4.90 Å². The number of nitro benzene ring substituents is 1. The number of nitro groups is 1. The number of hydrogen-bond acceptors (Lipinski definition) is 7. The summed E-state index contributed by atoms with van der Waals surface area (Å²) in [5.41, 5.74) is 2.62. The lowest BCUT2D eigenvalue weighted by Gasteiger charge is -2.38. The van der Waals surface area contributed by atoms with Crippen molar-refractivity contribution in [3.8, 4) is 0 Å². The van der Waals surface area contributed by atoms with E-state index in [-0.39, 0.29) is 29.6 Å². The predicted octanol–water partition coefficient (Wildman–Crippen LogP) is 3.09. The second-order valence-corrected chi connectivity index (χ2v) is 9.11. The maximum atomic E-state index is 13.9. The van der Waals surface area contributed by atoms with E-state index >= 15 is 0 Å². The molecule has 3 aliphatic heterocycles. The van der Waals surface area contributed by atoms with Crippen LogP contribution in [-0.2, 0) is 14.3 Å². The molecule has 35 heavy (non-hydrogen) atoms. The minimum atomic E-state index is -0.957. The van der Waals surface area contributed by atoms with Gasteiger partial charge in [-0.3, -0.25) is 29.4 Å². The Balaban J connectivity index is 1.62. The van der Waals surface area contributed by atoms with E-state index in [1.54, 1.807) is 7.11 Å². The molecule has 0 N–H and O–H groups in total. The van der Waals surface area contributed by atoms with Crippen LogP contribution in [0.25, 0.3) is 5.57 Å². The maximum Gasteiger partial charge on any atom is 0.270 e. The fraction of sp³-hybridized carbons (Fsp3) is 0.346. The molecule has 180 valence electrons. The summed E-state index contributed by atoms with van der Waals surface area (Å²) in [6.45, 7) is 2.59. The molecular formula is C26H25N3O6. The summed E-state index contributed by atoms with van der Waals surface area (Å²) in [4.78, 5) is 55.0. The van der Waals surface area contributed by atoms with Gasteiger partial charge in [-0.25, -0.2) is 0 Å². The van der Waals surface area contributed by atoms with Gasteiger partial charge in [0.1, 0.15) is 6.04 Å². The number of para-hydroxylation sites is 1. The Kier molecular flexibility index (Phi) is 5.72. The van der Waals surface area contributed by atoms with E-state index in [0.29, 0.717) is 13.0 Å². The van der Waals surface area contributed by atoms with Gasteiger partial charge in [0, 0.05) is 49.2 Å². The first kappa shape index (κ1) is 22.9. The van der Waals surface area contributed by atoms with Crippen molar-refractivity contribution in [1.29, 1.82) is 0 Å². The number of amides is 2. The van der Waals surface area contributed by atoms with Gasteiger partial charge in [0.15, 0.2) is 5.78 Å². The van der Waals surface area contributed by atoms with Crippen LogP contribution in [0.4, 0.5) is 11.4 Å². The van der Waals surface area contributed by atoms with Gasteiger partial charge in [-0.1, -0.05) is 36.4 Å². The summed E-state index contributed by atoms with van der Waals surface area (Å²) >= 11 is 0. The topological polar surface area (TPSA) is 110 Å². The van der Waals surface area contributed by atoms with Crippen molar-refractivity contribution in [3.05, 3.63) is 75.8 Å². The molecule has 9 heteroatoms. The van der Waals surface area contributed by atoms with Crippen molar-refractivity contribution in [3.63, 3.8) is 0 Å². The Morgan fingerprint density at radius 3 is 2.57 bits per heavy atom. The molecule has 0 bridgehead atoms. The molecule has 2 aromatic carbocycles. The second kappa shape index (κ2) is 8.74. The highest BCUT2D eigenvalue weighted by Gasteiger charge is 2.64.